The Balaban J connectivity index is 1.50. The first-order valence-corrected chi connectivity index (χ1v) is 14.4. The van der Waals surface area contributed by atoms with Gasteiger partial charge in [-0.1, -0.05) is 0 Å². The molecule has 2 N–H and O–H groups in total. The third kappa shape index (κ3) is 4.41. The summed E-state index contributed by atoms with van der Waals surface area (Å²) in [6.07, 6.45) is 4.06. The van der Waals surface area contributed by atoms with Crippen molar-refractivity contribution >= 4 is 37.8 Å². The van der Waals surface area contributed by atoms with Crippen LogP contribution in [0.5, 0.6) is 0 Å². The maximum absolute atomic E-state index is 13.4. The number of pyridine rings is 1. The molecular formula is C23H29F2N7SSe. The Hall–Kier alpha value is -1.52. The quantitative estimate of drug-likeness (QED) is 0.339. The van der Waals surface area contributed by atoms with E-state index in [9.17, 15) is 8.78 Å². The predicted octanol–water partition coefficient (Wildman–Crippen LogP) is 4.00. The number of fused-ring (bicyclic) bond motifs is 1. The van der Waals surface area contributed by atoms with E-state index in [0.29, 0.717) is 10.5 Å². The molecule has 34 heavy (non-hydrogen) atoms. The molecule has 6 rings (SSSR count). The third-order valence-corrected chi connectivity index (χ3v) is 9.84. The van der Waals surface area contributed by atoms with Crippen molar-refractivity contribution in [2.45, 2.75) is 74.8 Å². The Morgan fingerprint density at radius 2 is 2.03 bits per heavy atom. The van der Waals surface area contributed by atoms with Crippen LogP contribution in [0.2, 0.25) is 0 Å². The zero-order valence-electron chi connectivity index (χ0n) is 19.6. The van der Waals surface area contributed by atoms with Gasteiger partial charge in [-0.3, -0.25) is 0 Å². The minimum absolute atomic E-state index is 0.00841. The second-order valence-electron chi connectivity index (χ2n) is 10.6. The molecule has 0 spiro atoms. The molecule has 1 aliphatic heterocycles. The van der Waals surface area contributed by atoms with Crippen molar-refractivity contribution in [2.24, 2.45) is 0 Å². The fraction of sp³-hybridized carbons (Fsp3) is 0.609. The molecule has 3 aromatic rings. The van der Waals surface area contributed by atoms with Crippen LogP contribution < -0.4 is 14.9 Å². The van der Waals surface area contributed by atoms with Gasteiger partial charge >= 0.3 is 208 Å². The van der Waals surface area contributed by atoms with Crippen LogP contribution in [0.25, 0.3) is 15.9 Å². The monoisotopic (exact) mass is 553 g/mol. The molecule has 11 heteroatoms. The van der Waals surface area contributed by atoms with Gasteiger partial charge in [0, 0.05) is 0 Å². The van der Waals surface area contributed by atoms with Crippen molar-refractivity contribution in [2.75, 3.05) is 24.5 Å². The molecule has 4 heterocycles. The van der Waals surface area contributed by atoms with Gasteiger partial charge in [-0.25, -0.2) is 0 Å². The second-order valence-corrected chi connectivity index (χ2v) is 13.6. The van der Waals surface area contributed by atoms with Gasteiger partial charge in [-0.2, -0.15) is 0 Å². The van der Waals surface area contributed by atoms with Crippen LogP contribution in [-0.2, 0) is 0 Å². The topological polar surface area (TPSA) is 70.4 Å². The van der Waals surface area contributed by atoms with Gasteiger partial charge in [0.2, 0.25) is 0 Å². The first-order valence-electron chi connectivity index (χ1n) is 11.8. The molecule has 0 bridgehead atoms. The van der Waals surface area contributed by atoms with E-state index in [4.69, 9.17) is 4.98 Å². The fourth-order valence-electron chi connectivity index (χ4n) is 4.50. The number of alkyl halides is 2. The SMILES string of the molecule is CC1(C)CN(c2cc(SNC3(C)CC3)cn3c(-c4nnc(C(F)F)[se]4)c(C4CC4)nc23)CCN1. The van der Waals surface area contributed by atoms with Crippen LogP contribution in [0.3, 0.4) is 0 Å². The molecular weight excluding hydrogens is 523 g/mol. The Bertz CT molecular complexity index is 1230. The van der Waals surface area contributed by atoms with Crippen LogP contribution in [0.1, 0.15) is 69.1 Å². The van der Waals surface area contributed by atoms with E-state index in [2.05, 4.69) is 62.6 Å². The Labute approximate surface area is 208 Å². The molecule has 3 fully saturated rings. The summed E-state index contributed by atoms with van der Waals surface area (Å²) in [5.74, 6) is 0.371. The summed E-state index contributed by atoms with van der Waals surface area (Å²) in [6.45, 7) is 9.34. The van der Waals surface area contributed by atoms with E-state index in [0.717, 1.165) is 60.1 Å². The fourth-order valence-corrected chi connectivity index (χ4v) is 6.97. The summed E-state index contributed by atoms with van der Waals surface area (Å²) < 4.78 is 33.0. The molecule has 3 aliphatic rings. The zero-order valence-corrected chi connectivity index (χ0v) is 22.1. The molecule has 182 valence electrons. The van der Waals surface area contributed by atoms with Crippen molar-refractivity contribution in [3.8, 4) is 10.3 Å². The van der Waals surface area contributed by atoms with Gasteiger partial charge in [-0.05, 0) is 0 Å². The van der Waals surface area contributed by atoms with Crippen LogP contribution in [0, 0.1) is 0 Å². The van der Waals surface area contributed by atoms with Crippen molar-refractivity contribution in [1.29, 1.82) is 0 Å². The summed E-state index contributed by atoms with van der Waals surface area (Å²) >= 11 is 1.06. The first kappa shape index (κ1) is 22.9. The molecule has 0 amide bonds. The van der Waals surface area contributed by atoms with E-state index in [1.54, 1.807) is 11.9 Å². The van der Waals surface area contributed by atoms with Crippen LogP contribution in [0.15, 0.2) is 17.2 Å². The Morgan fingerprint density at radius 3 is 2.68 bits per heavy atom. The summed E-state index contributed by atoms with van der Waals surface area (Å²) in [5.41, 5.74) is 4.04. The maximum atomic E-state index is 13.4. The predicted molar refractivity (Wildman–Crippen MR) is 131 cm³/mol. The van der Waals surface area contributed by atoms with Crippen molar-refractivity contribution in [3.05, 3.63) is 22.5 Å². The van der Waals surface area contributed by atoms with Crippen molar-refractivity contribution in [3.63, 3.8) is 0 Å². The van der Waals surface area contributed by atoms with Gasteiger partial charge in [0.1, 0.15) is 0 Å². The molecule has 1 saturated heterocycles. The third-order valence-electron chi connectivity index (χ3n) is 6.82. The number of hydrogen-bond acceptors (Lipinski definition) is 7. The number of aromatic nitrogens is 4. The molecule has 2 saturated carbocycles. The second kappa shape index (κ2) is 8.27. The summed E-state index contributed by atoms with van der Waals surface area (Å²) in [5, 5.41) is 11.7. The van der Waals surface area contributed by atoms with E-state index in [1.165, 1.54) is 12.8 Å². The van der Waals surface area contributed by atoms with Gasteiger partial charge in [-0.15, -0.1) is 0 Å². The van der Waals surface area contributed by atoms with Gasteiger partial charge in [0.15, 0.2) is 0 Å². The molecule has 2 aliphatic carbocycles. The average Bonchev–Trinajstić information content (AvgIpc) is 3.67. The number of nitrogens with zero attached hydrogens (tertiary/aromatic N) is 5. The number of nitrogens with one attached hydrogen (secondary N) is 2. The molecule has 0 radical (unpaired) electrons. The standard InChI is InChI=1S/C23H29F2N7SSe/c1-22(2)12-31(9-8-26-22)15-10-14(33-30-23(3)6-7-23)11-32-17(16(13-4-5-13)27-19(15)32)20-28-29-21(34-20)18(24)25/h10-11,13,18,26,30H,4-9,12H2,1-3H3. The van der Waals surface area contributed by atoms with E-state index in [-0.39, 0.29) is 15.6 Å². The van der Waals surface area contributed by atoms with Crippen molar-refractivity contribution < 1.29 is 8.78 Å². The van der Waals surface area contributed by atoms with Gasteiger partial charge in [0.25, 0.3) is 0 Å². The first-order chi connectivity index (χ1) is 16.2. The van der Waals surface area contributed by atoms with E-state index < -0.39 is 20.9 Å². The Morgan fingerprint density at radius 1 is 1.24 bits per heavy atom. The molecule has 7 nitrogen and oxygen atoms in total. The van der Waals surface area contributed by atoms with E-state index in [1.807, 2.05) is 0 Å². The normalized spacial score (nSPS) is 21.5. The molecule has 3 aromatic heterocycles. The van der Waals surface area contributed by atoms with Crippen LogP contribution in [-0.4, -0.2) is 64.8 Å². The average molecular weight is 553 g/mol. The Kier molecular flexibility index (Phi) is 5.57. The minimum atomic E-state index is -2.56. The molecule has 0 aromatic carbocycles. The summed E-state index contributed by atoms with van der Waals surface area (Å²) in [7, 11) is 0. The van der Waals surface area contributed by atoms with Crippen LogP contribution in [0.4, 0.5) is 14.5 Å². The zero-order chi connectivity index (χ0) is 23.7. The molecule has 0 atom stereocenters. The number of anilines is 1. The number of imidazole rings is 1. The van der Waals surface area contributed by atoms with Crippen molar-refractivity contribution in [1.82, 2.24) is 29.6 Å². The van der Waals surface area contributed by atoms with Crippen LogP contribution >= 0.6 is 11.9 Å². The summed E-state index contributed by atoms with van der Waals surface area (Å²) in [4.78, 5) is 8.64. The number of piperazine rings is 1. The molecule has 0 unspecified atom stereocenters. The number of hydrogen-bond donors (Lipinski definition) is 2. The van der Waals surface area contributed by atoms with Gasteiger partial charge < -0.3 is 0 Å². The van der Waals surface area contributed by atoms with Gasteiger partial charge in [0.05, 0.1) is 0 Å². The summed E-state index contributed by atoms with van der Waals surface area (Å²) in [6, 6.07) is 2.23. The number of halogens is 2. The van der Waals surface area contributed by atoms with E-state index >= 15 is 0 Å². The number of rotatable bonds is 7.